The van der Waals surface area contributed by atoms with Crippen molar-refractivity contribution in [1.82, 2.24) is 14.9 Å². The molecule has 1 aromatic heterocycles. The first-order valence-corrected chi connectivity index (χ1v) is 11.7. The quantitative estimate of drug-likeness (QED) is 0.553. The highest BCUT2D eigenvalue weighted by Gasteiger charge is 2.27. The van der Waals surface area contributed by atoms with Gasteiger partial charge in [0.15, 0.2) is 11.6 Å². The molecule has 0 bridgehead atoms. The molecule has 31 heavy (non-hydrogen) atoms. The van der Waals surface area contributed by atoms with Gasteiger partial charge in [-0.2, -0.15) is 0 Å². The van der Waals surface area contributed by atoms with Crippen molar-refractivity contribution < 1.29 is 0 Å². The van der Waals surface area contributed by atoms with Crippen molar-refractivity contribution in [2.75, 3.05) is 36.4 Å². The molecule has 2 fully saturated rings. The minimum atomic E-state index is 0.530. The second-order valence-electron chi connectivity index (χ2n) is 8.76. The van der Waals surface area contributed by atoms with Crippen LogP contribution in [0.1, 0.15) is 29.5 Å². The van der Waals surface area contributed by atoms with Crippen LogP contribution in [0.25, 0.3) is 11.0 Å². The smallest absolute Gasteiger partial charge is 0.172 e. The minimum absolute atomic E-state index is 0.530. The van der Waals surface area contributed by atoms with Gasteiger partial charge in [-0.25, -0.2) is 9.97 Å². The Kier molecular flexibility index (Phi) is 5.67. The summed E-state index contributed by atoms with van der Waals surface area (Å²) in [4.78, 5) is 14.9. The van der Waals surface area contributed by atoms with Crippen molar-refractivity contribution in [1.29, 1.82) is 0 Å². The third-order valence-electron chi connectivity index (χ3n) is 6.08. The molecule has 0 amide bonds. The van der Waals surface area contributed by atoms with Gasteiger partial charge in [0.25, 0.3) is 0 Å². The van der Waals surface area contributed by atoms with Crippen LogP contribution in [0, 0.1) is 13.8 Å². The van der Waals surface area contributed by atoms with E-state index in [4.69, 9.17) is 33.2 Å². The summed E-state index contributed by atoms with van der Waals surface area (Å²) in [5.41, 5.74) is 5.44. The molecule has 0 spiro atoms. The van der Waals surface area contributed by atoms with Crippen molar-refractivity contribution in [2.45, 2.75) is 39.3 Å². The first-order valence-electron chi connectivity index (χ1n) is 10.9. The molecule has 5 nitrogen and oxygen atoms in total. The van der Waals surface area contributed by atoms with Crippen molar-refractivity contribution in [3.05, 3.63) is 57.1 Å². The lowest BCUT2D eigenvalue weighted by atomic mass is 10.1. The van der Waals surface area contributed by atoms with E-state index in [0.717, 1.165) is 71.0 Å². The van der Waals surface area contributed by atoms with Crippen molar-refractivity contribution in [3.8, 4) is 0 Å². The van der Waals surface area contributed by atoms with E-state index in [1.165, 1.54) is 24.0 Å². The van der Waals surface area contributed by atoms with Crippen molar-refractivity contribution >= 4 is 45.9 Å². The lowest BCUT2D eigenvalue weighted by Crippen LogP contribution is -2.46. The summed E-state index contributed by atoms with van der Waals surface area (Å²) in [5.74, 6) is 1.90. The van der Waals surface area contributed by atoms with Crippen LogP contribution in [0.4, 0.5) is 11.6 Å². The second-order valence-corrected chi connectivity index (χ2v) is 9.61. The Balaban J connectivity index is 1.37. The molecule has 162 valence electrons. The summed E-state index contributed by atoms with van der Waals surface area (Å²) in [6.45, 7) is 8.73. The van der Waals surface area contributed by atoms with Crippen LogP contribution in [-0.4, -0.2) is 47.1 Å². The second kappa shape index (κ2) is 8.45. The lowest BCUT2D eigenvalue weighted by molar-refractivity contribution is 0.249. The molecular formula is C24H27Cl2N5. The first-order chi connectivity index (χ1) is 15.0. The first kappa shape index (κ1) is 20.8. The van der Waals surface area contributed by atoms with Gasteiger partial charge in [-0.1, -0.05) is 29.3 Å². The summed E-state index contributed by atoms with van der Waals surface area (Å²) in [7, 11) is 0. The highest BCUT2D eigenvalue weighted by Crippen LogP contribution is 2.32. The van der Waals surface area contributed by atoms with E-state index in [0.29, 0.717) is 6.04 Å². The molecule has 0 radical (unpaired) electrons. The van der Waals surface area contributed by atoms with Gasteiger partial charge in [-0.3, -0.25) is 4.90 Å². The Morgan fingerprint density at radius 1 is 1.00 bits per heavy atom. The van der Waals surface area contributed by atoms with Crippen molar-refractivity contribution in [2.24, 2.45) is 0 Å². The SMILES string of the molecule is Cc1cc(C)c2nc(NC3CC3)c(N3CCN(Cc4cc(Cl)ccc4Cl)CC3)nc2c1. The molecule has 2 heterocycles. The van der Waals surface area contributed by atoms with Gasteiger partial charge in [0.2, 0.25) is 0 Å². The summed E-state index contributed by atoms with van der Waals surface area (Å²) in [6.07, 6.45) is 2.42. The number of aryl methyl sites for hydroxylation is 2. The Morgan fingerprint density at radius 3 is 2.52 bits per heavy atom. The van der Waals surface area contributed by atoms with E-state index in [9.17, 15) is 0 Å². The van der Waals surface area contributed by atoms with E-state index >= 15 is 0 Å². The maximum atomic E-state index is 6.37. The number of piperazine rings is 1. The third kappa shape index (κ3) is 4.59. The number of hydrogen-bond donors (Lipinski definition) is 1. The van der Waals surface area contributed by atoms with E-state index in [2.05, 4.69) is 41.1 Å². The summed E-state index contributed by atoms with van der Waals surface area (Å²) >= 11 is 12.5. The highest BCUT2D eigenvalue weighted by atomic mass is 35.5. The van der Waals surface area contributed by atoms with E-state index in [1.807, 2.05) is 18.2 Å². The molecule has 1 saturated heterocycles. The van der Waals surface area contributed by atoms with Gasteiger partial charge >= 0.3 is 0 Å². The fraction of sp³-hybridized carbons (Fsp3) is 0.417. The zero-order valence-electron chi connectivity index (χ0n) is 18.0. The lowest BCUT2D eigenvalue weighted by Gasteiger charge is -2.36. The fourth-order valence-corrected chi connectivity index (χ4v) is 4.63. The molecular weight excluding hydrogens is 429 g/mol. The Hall–Kier alpha value is -2.08. The summed E-state index contributed by atoms with van der Waals surface area (Å²) < 4.78 is 0. The highest BCUT2D eigenvalue weighted by molar-refractivity contribution is 6.33. The Morgan fingerprint density at radius 2 is 1.77 bits per heavy atom. The molecule has 0 unspecified atom stereocenters. The standard InChI is InChI=1S/C24H27Cl2N5/c1-15-11-16(2)22-21(12-15)28-24(23(29-22)27-19-4-5-19)31-9-7-30(8-10-31)14-17-13-18(25)3-6-20(17)26/h3,6,11-13,19H,4-5,7-10,14H2,1-2H3,(H,27,29). The summed E-state index contributed by atoms with van der Waals surface area (Å²) in [5, 5.41) is 5.12. The average Bonchev–Trinajstić information content (AvgIpc) is 3.55. The molecule has 0 atom stereocenters. The van der Waals surface area contributed by atoms with Gasteiger partial charge in [-0.15, -0.1) is 0 Å². The van der Waals surface area contributed by atoms with Gasteiger partial charge in [0.05, 0.1) is 11.0 Å². The maximum absolute atomic E-state index is 6.37. The number of fused-ring (bicyclic) bond motifs is 1. The number of aromatic nitrogens is 2. The fourth-order valence-electron chi connectivity index (χ4n) is 4.26. The van der Waals surface area contributed by atoms with Crippen LogP contribution in [0.3, 0.4) is 0 Å². The zero-order valence-corrected chi connectivity index (χ0v) is 19.5. The largest absolute Gasteiger partial charge is 0.364 e. The number of anilines is 2. The summed E-state index contributed by atoms with van der Waals surface area (Å²) in [6, 6.07) is 10.5. The Bertz CT molecular complexity index is 1120. The molecule has 7 heteroatoms. The molecule has 1 aliphatic heterocycles. The molecule has 2 aliphatic rings. The zero-order chi connectivity index (χ0) is 21.5. The Labute approximate surface area is 193 Å². The predicted molar refractivity (Wildman–Crippen MR) is 130 cm³/mol. The molecule has 3 aromatic rings. The molecule has 5 rings (SSSR count). The number of hydrogen-bond acceptors (Lipinski definition) is 5. The minimum Gasteiger partial charge on any atom is -0.364 e. The monoisotopic (exact) mass is 455 g/mol. The van der Waals surface area contributed by atoms with Crippen LogP contribution < -0.4 is 10.2 Å². The molecule has 1 saturated carbocycles. The number of rotatable bonds is 5. The number of halogens is 2. The van der Waals surface area contributed by atoms with Gasteiger partial charge < -0.3 is 10.2 Å². The number of nitrogens with zero attached hydrogens (tertiary/aromatic N) is 4. The van der Waals surface area contributed by atoms with Crippen LogP contribution in [0.5, 0.6) is 0 Å². The number of benzene rings is 2. The van der Waals surface area contributed by atoms with E-state index in [-0.39, 0.29) is 0 Å². The predicted octanol–water partition coefficient (Wildman–Crippen LogP) is 5.45. The van der Waals surface area contributed by atoms with Gasteiger partial charge in [0, 0.05) is 48.8 Å². The molecule has 2 aromatic carbocycles. The van der Waals surface area contributed by atoms with Gasteiger partial charge in [0.1, 0.15) is 0 Å². The van der Waals surface area contributed by atoms with Crippen LogP contribution in [0.2, 0.25) is 10.0 Å². The maximum Gasteiger partial charge on any atom is 0.172 e. The number of nitrogens with one attached hydrogen (secondary N) is 1. The third-order valence-corrected chi connectivity index (χ3v) is 6.68. The average molecular weight is 456 g/mol. The normalized spacial score (nSPS) is 17.4. The van der Waals surface area contributed by atoms with Crippen LogP contribution in [0.15, 0.2) is 30.3 Å². The van der Waals surface area contributed by atoms with E-state index < -0.39 is 0 Å². The molecule has 1 N–H and O–H groups in total. The van der Waals surface area contributed by atoms with Gasteiger partial charge in [-0.05, 0) is 67.6 Å². The topological polar surface area (TPSA) is 44.3 Å². The van der Waals surface area contributed by atoms with Crippen LogP contribution in [-0.2, 0) is 6.54 Å². The molecule has 1 aliphatic carbocycles. The van der Waals surface area contributed by atoms with Crippen molar-refractivity contribution in [3.63, 3.8) is 0 Å². The van der Waals surface area contributed by atoms with Crippen LogP contribution >= 0.6 is 23.2 Å². The van der Waals surface area contributed by atoms with E-state index in [1.54, 1.807) is 0 Å².